The van der Waals surface area contributed by atoms with Gasteiger partial charge in [0, 0.05) is 24.0 Å². The van der Waals surface area contributed by atoms with Gasteiger partial charge in [-0.1, -0.05) is 18.2 Å². The van der Waals surface area contributed by atoms with Crippen molar-refractivity contribution < 1.29 is 9.53 Å². The van der Waals surface area contributed by atoms with E-state index >= 15 is 0 Å². The Morgan fingerprint density at radius 3 is 3.08 bits per heavy atom. The molecule has 2 aliphatic rings. The maximum Gasteiger partial charge on any atom is 0.338 e. The van der Waals surface area contributed by atoms with Crippen molar-refractivity contribution in [3.63, 3.8) is 0 Å². The zero-order valence-electron chi connectivity index (χ0n) is 13.6. The molecular weight excluding hydrogens is 300 g/mol. The third-order valence-electron chi connectivity index (χ3n) is 4.92. The fourth-order valence-corrected chi connectivity index (χ4v) is 3.83. The predicted molar refractivity (Wildman–Crippen MR) is 93.0 cm³/mol. The van der Waals surface area contributed by atoms with E-state index in [2.05, 4.69) is 28.5 Å². The number of carbonyl (C=O) groups excluding carboxylic acids is 1. The maximum absolute atomic E-state index is 12.0. The Labute approximate surface area is 141 Å². The summed E-state index contributed by atoms with van der Waals surface area (Å²) in [6.07, 6.45) is 9.27. The fraction of sp³-hybridized carbons (Fsp3) is 0.300. The molecule has 4 rings (SSSR count). The highest BCUT2D eigenvalue weighted by molar-refractivity contribution is 5.90. The maximum atomic E-state index is 12.0. The van der Waals surface area contributed by atoms with E-state index in [1.165, 1.54) is 11.1 Å². The molecule has 2 unspecified atom stereocenters. The van der Waals surface area contributed by atoms with Gasteiger partial charge in [-0.2, -0.15) is 0 Å². The molecule has 4 heteroatoms. The van der Waals surface area contributed by atoms with E-state index in [4.69, 9.17) is 4.74 Å². The van der Waals surface area contributed by atoms with Gasteiger partial charge in [0.1, 0.15) is 0 Å². The molecule has 0 fully saturated rings. The van der Waals surface area contributed by atoms with Crippen LogP contribution in [-0.4, -0.2) is 17.6 Å². The number of ether oxygens (including phenoxy) is 1. The molecule has 0 radical (unpaired) electrons. The van der Waals surface area contributed by atoms with E-state index in [9.17, 15) is 4.79 Å². The second kappa shape index (κ2) is 6.11. The van der Waals surface area contributed by atoms with Gasteiger partial charge < -0.3 is 10.1 Å². The molecule has 0 saturated heterocycles. The number of nitrogens with zero attached hydrogens (tertiary/aromatic N) is 1. The number of nitrogens with one attached hydrogen (secondary N) is 1. The molecule has 1 aromatic carbocycles. The Bertz CT molecular complexity index is 785. The van der Waals surface area contributed by atoms with Gasteiger partial charge >= 0.3 is 5.97 Å². The van der Waals surface area contributed by atoms with Crippen LogP contribution in [0, 0.1) is 5.92 Å². The number of pyridine rings is 1. The third-order valence-corrected chi connectivity index (χ3v) is 4.92. The molecule has 2 aromatic rings. The topological polar surface area (TPSA) is 51.2 Å². The van der Waals surface area contributed by atoms with Crippen LogP contribution in [0.5, 0.6) is 0 Å². The van der Waals surface area contributed by atoms with Crippen LogP contribution < -0.4 is 5.32 Å². The summed E-state index contributed by atoms with van der Waals surface area (Å²) < 4.78 is 5.14. The van der Waals surface area contributed by atoms with Crippen LogP contribution in [0.25, 0.3) is 0 Å². The van der Waals surface area contributed by atoms with Crippen LogP contribution in [0.1, 0.15) is 46.8 Å². The van der Waals surface area contributed by atoms with Crippen LogP contribution in [0.3, 0.4) is 0 Å². The molecule has 2 heterocycles. The summed E-state index contributed by atoms with van der Waals surface area (Å²) >= 11 is 0. The minimum absolute atomic E-state index is 0.236. The summed E-state index contributed by atoms with van der Waals surface area (Å²) in [5, 5.41) is 3.65. The van der Waals surface area contributed by atoms with Crippen molar-refractivity contribution in [2.45, 2.75) is 25.3 Å². The zero-order chi connectivity index (χ0) is 16.5. The number of allylic oxidation sites excluding steroid dienone is 2. The van der Waals surface area contributed by atoms with Crippen LogP contribution in [0.15, 0.2) is 54.9 Å². The number of anilines is 1. The smallest absolute Gasteiger partial charge is 0.338 e. The van der Waals surface area contributed by atoms with E-state index in [-0.39, 0.29) is 12.0 Å². The Balaban J connectivity index is 1.72. The minimum atomic E-state index is -0.256. The van der Waals surface area contributed by atoms with Crippen molar-refractivity contribution in [1.29, 1.82) is 0 Å². The fourth-order valence-electron chi connectivity index (χ4n) is 3.83. The van der Waals surface area contributed by atoms with E-state index < -0.39 is 0 Å². The van der Waals surface area contributed by atoms with E-state index in [0.717, 1.165) is 12.1 Å². The zero-order valence-corrected chi connectivity index (χ0v) is 13.6. The summed E-state index contributed by atoms with van der Waals surface area (Å²) in [5.41, 5.74) is 4.09. The number of carbonyl (C=O) groups is 1. The SMILES string of the molecule is CCOC(=O)c1ccc2c(c1)C1C=CCC1[C@@H](c1cccnc1)N2. The summed E-state index contributed by atoms with van der Waals surface area (Å²) in [7, 11) is 0. The summed E-state index contributed by atoms with van der Waals surface area (Å²) in [4.78, 5) is 16.3. The Hall–Kier alpha value is -2.62. The van der Waals surface area contributed by atoms with Gasteiger partial charge in [-0.3, -0.25) is 4.98 Å². The molecule has 4 nitrogen and oxygen atoms in total. The van der Waals surface area contributed by atoms with Crippen molar-refractivity contribution in [3.8, 4) is 0 Å². The summed E-state index contributed by atoms with van der Waals surface area (Å²) in [6, 6.07) is 10.1. The van der Waals surface area contributed by atoms with Crippen LogP contribution in [0.2, 0.25) is 0 Å². The van der Waals surface area contributed by atoms with Crippen molar-refractivity contribution >= 4 is 11.7 Å². The molecule has 0 saturated carbocycles. The average Bonchev–Trinajstić information content (AvgIpc) is 3.11. The van der Waals surface area contributed by atoms with Crippen LogP contribution in [0.4, 0.5) is 5.69 Å². The summed E-state index contributed by atoms with van der Waals surface area (Å²) in [6.45, 7) is 2.22. The van der Waals surface area contributed by atoms with Crippen LogP contribution >= 0.6 is 0 Å². The van der Waals surface area contributed by atoms with E-state index in [1.54, 1.807) is 6.20 Å². The molecule has 122 valence electrons. The van der Waals surface area contributed by atoms with Crippen molar-refractivity contribution in [1.82, 2.24) is 4.98 Å². The summed E-state index contributed by atoms with van der Waals surface area (Å²) in [5.74, 6) is 0.508. The number of aromatic nitrogens is 1. The molecule has 3 atom stereocenters. The highest BCUT2D eigenvalue weighted by Crippen LogP contribution is 2.49. The Morgan fingerprint density at radius 1 is 1.38 bits per heavy atom. The molecule has 0 bridgehead atoms. The lowest BCUT2D eigenvalue weighted by atomic mass is 9.77. The minimum Gasteiger partial charge on any atom is -0.462 e. The number of esters is 1. The average molecular weight is 320 g/mol. The molecule has 1 aliphatic heterocycles. The molecule has 0 spiro atoms. The normalized spacial score (nSPS) is 24.0. The van der Waals surface area contributed by atoms with Gasteiger partial charge in [0.25, 0.3) is 0 Å². The highest BCUT2D eigenvalue weighted by Gasteiger charge is 2.38. The molecule has 1 aliphatic carbocycles. The molecule has 0 amide bonds. The van der Waals surface area contributed by atoms with Gasteiger partial charge in [-0.15, -0.1) is 0 Å². The Kier molecular flexibility index (Phi) is 3.81. The van der Waals surface area contributed by atoms with Gasteiger partial charge in [-0.05, 0) is 54.7 Å². The van der Waals surface area contributed by atoms with Gasteiger partial charge in [0.15, 0.2) is 0 Å². The monoisotopic (exact) mass is 320 g/mol. The van der Waals surface area contributed by atoms with Gasteiger partial charge in [-0.25, -0.2) is 4.79 Å². The lowest BCUT2D eigenvalue weighted by Gasteiger charge is -2.37. The van der Waals surface area contributed by atoms with E-state index in [0.29, 0.717) is 24.0 Å². The number of hydrogen-bond donors (Lipinski definition) is 1. The standard InChI is InChI=1S/C20H20N2O2/c1-2-24-20(23)13-8-9-18-17(11-13)15-6-3-7-16(15)19(22-18)14-5-4-10-21-12-14/h3-6,8-12,15-16,19,22H,2,7H2,1H3/t15?,16?,19-/m1/s1. The second-order valence-electron chi connectivity index (χ2n) is 6.28. The van der Waals surface area contributed by atoms with Crippen molar-refractivity contribution in [2.75, 3.05) is 11.9 Å². The molecular formula is C20H20N2O2. The second-order valence-corrected chi connectivity index (χ2v) is 6.28. The first-order valence-electron chi connectivity index (χ1n) is 8.42. The first-order valence-corrected chi connectivity index (χ1v) is 8.42. The first kappa shape index (κ1) is 14.9. The lowest BCUT2D eigenvalue weighted by molar-refractivity contribution is 0.0526. The molecule has 1 aromatic heterocycles. The van der Waals surface area contributed by atoms with Crippen molar-refractivity contribution in [2.24, 2.45) is 5.92 Å². The first-order chi connectivity index (χ1) is 11.8. The number of hydrogen-bond acceptors (Lipinski definition) is 4. The highest BCUT2D eigenvalue weighted by atomic mass is 16.5. The number of rotatable bonds is 3. The number of benzene rings is 1. The largest absolute Gasteiger partial charge is 0.462 e. The molecule has 1 N–H and O–H groups in total. The molecule has 24 heavy (non-hydrogen) atoms. The van der Waals surface area contributed by atoms with Gasteiger partial charge in [0.05, 0.1) is 18.2 Å². The number of fused-ring (bicyclic) bond motifs is 3. The van der Waals surface area contributed by atoms with Crippen LogP contribution in [-0.2, 0) is 4.74 Å². The van der Waals surface area contributed by atoms with Gasteiger partial charge in [0.2, 0.25) is 0 Å². The predicted octanol–water partition coefficient (Wildman–Crippen LogP) is 4.08. The van der Waals surface area contributed by atoms with Crippen molar-refractivity contribution in [3.05, 3.63) is 71.6 Å². The Morgan fingerprint density at radius 2 is 2.29 bits per heavy atom. The quantitative estimate of drug-likeness (QED) is 0.684. The van der Waals surface area contributed by atoms with E-state index in [1.807, 2.05) is 37.4 Å². The third kappa shape index (κ3) is 2.48. The lowest BCUT2D eigenvalue weighted by Crippen LogP contribution is -2.29.